The summed E-state index contributed by atoms with van der Waals surface area (Å²) in [5.74, 6) is 0. The minimum Gasteiger partial charge on any atom is -0.235 e. The number of halogens is 4. The second-order valence-electron chi connectivity index (χ2n) is 2.60. The van der Waals surface area contributed by atoms with Crippen LogP contribution in [-0.4, -0.2) is 14.6 Å². The van der Waals surface area contributed by atoms with Crippen molar-refractivity contribution in [2.45, 2.75) is 6.18 Å². The third-order valence-corrected chi connectivity index (χ3v) is 2.20. The van der Waals surface area contributed by atoms with Crippen molar-refractivity contribution in [3.63, 3.8) is 0 Å². The zero-order chi connectivity index (χ0) is 10.3. The van der Waals surface area contributed by atoms with E-state index in [1.54, 1.807) is 0 Å². The fraction of sp³-hybridized carbons (Fsp3) is 0.143. The van der Waals surface area contributed by atoms with Crippen LogP contribution in [0.4, 0.5) is 13.2 Å². The third kappa shape index (κ3) is 1.47. The number of fused-ring (bicyclic) bond motifs is 1. The average molecular weight is 266 g/mol. The van der Waals surface area contributed by atoms with Gasteiger partial charge in [0.1, 0.15) is 0 Å². The number of hydrogen-bond acceptors (Lipinski definition) is 2. The van der Waals surface area contributed by atoms with Gasteiger partial charge < -0.3 is 0 Å². The Bertz CT molecular complexity index is 476. The molecule has 0 bridgehead atoms. The van der Waals surface area contributed by atoms with Crippen molar-refractivity contribution in [1.29, 1.82) is 0 Å². The smallest absolute Gasteiger partial charge is 0.235 e. The molecule has 2 heterocycles. The summed E-state index contributed by atoms with van der Waals surface area (Å²) in [6.07, 6.45) is -1.32. The first-order valence-electron chi connectivity index (χ1n) is 3.54. The van der Waals surface area contributed by atoms with E-state index in [2.05, 4.69) is 26.0 Å². The highest BCUT2D eigenvalue weighted by Crippen LogP contribution is 2.29. The van der Waals surface area contributed by atoms with Gasteiger partial charge in [-0.2, -0.15) is 18.3 Å². The van der Waals surface area contributed by atoms with Crippen LogP contribution < -0.4 is 0 Å². The molecule has 74 valence electrons. The Balaban J connectivity index is 2.63. The first-order valence-corrected chi connectivity index (χ1v) is 4.34. The Morgan fingerprint density at radius 3 is 2.64 bits per heavy atom. The van der Waals surface area contributed by atoms with Crippen molar-refractivity contribution in [2.24, 2.45) is 0 Å². The molecule has 7 heteroatoms. The quantitative estimate of drug-likeness (QED) is 0.733. The van der Waals surface area contributed by atoms with Gasteiger partial charge in [-0.15, -0.1) is 0 Å². The van der Waals surface area contributed by atoms with Crippen LogP contribution in [0.1, 0.15) is 5.56 Å². The molecule has 0 unspecified atom stereocenters. The average Bonchev–Trinajstić information content (AvgIpc) is 2.46. The largest absolute Gasteiger partial charge is 0.419 e. The van der Waals surface area contributed by atoms with Gasteiger partial charge in [-0.25, -0.2) is 9.50 Å². The first kappa shape index (κ1) is 9.45. The zero-order valence-electron chi connectivity index (χ0n) is 6.59. The van der Waals surface area contributed by atoms with E-state index in [0.717, 1.165) is 16.9 Å². The van der Waals surface area contributed by atoms with E-state index in [-0.39, 0.29) is 0 Å². The van der Waals surface area contributed by atoms with Crippen LogP contribution in [0.25, 0.3) is 5.65 Å². The molecule has 0 atom stereocenters. The lowest BCUT2D eigenvalue weighted by Crippen LogP contribution is -2.07. The van der Waals surface area contributed by atoms with Gasteiger partial charge in [0.2, 0.25) is 0 Å². The van der Waals surface area contributed by atoms with Crippen LogP contribution in [0.3, 0.4) is 0 Å². The molecule has 0 N–H and O–H groups in total. The molecule has 2 aromatic heterocycles. The van der Waals surface area contributed by atoms with E-state index >= 15 is 0 Å². The normalized spacial score (nSPS) is 12.3. The van der Waals surface area contributed by atoms with E-state index < -0.39 is 11.7 Å². The molecule has 0 aromatic carbocycles. The SMILES string of the molecule is FC(F)(F)c1cnc2c(Br)cnn2c1. The predicted octanol–water partition coefficient (Wildman–Crippen LogP) is 2.51. The fourth-order valence-electron chi connectivity index (χ4n) is 0.992. The first-order chi connectivity index (χ1) is 6.48. The van der Waals surface area contributed by atoms with Crippen LogP contribution >= 0.6 is 15.9 Å². The molecule has 3 nitrogen and oxygen atoms in total. The number of hydrogen-bond donors (Lipinski definition) is 0. The maximum atomic E-state index is 12.2. The van der Waals surface area contributed by atoms with E-state index in [0.29, 0.717) is 10.1 Å². The third-order valence-electron chi connectivity index (χ3n) is 1.64. The Labute approximate surface area is 84.7 Å². The Morgan fingerprint density at radius 1 is 1.29 bits per heavy atom. The minimum atomic E-state index is -4.39. The molecule has 0 aliphatic heterocycles. The summed E-state index contributed by atoms with van der Waals surface area (Å²) in [7, 11) is 0. The van der Waals surface area contributed by atoms with Gasteiger partial charge in [0.05, 0.1) is 16.2 Å². The summed E-state index contributed by atoms with van der Waals surface area (Å²) in [5.41, 5.74) is -0.460. The zero-order valence-corrected chi connectivity index (χ0v) is 8.17. The lowest BCUT2D eigenvalue weighted by Gasteiger charge is -2.05. The van der Waals surface area contributed by atoms with Crippen molar-refractivity contribution in [1.82, 2.24) is 14.6 Å². The molecule has 0 aliphatic rings. The van der Waals surface area contributed by atoms with Crippen LogP contribution in [0, 0.1) is 0 Å². The number of nitrogens with zero attached hydrogens (tertiary/aromatic N) is 3. The van der Waals surface area contributed by atoms with Crippen LogP contribution in [0.2, 0.25) is 0 Å². The van der Waals surface area contributed by atoms with Crippen molar-refractivity contribution >= 4 is 21.6 Å². The summed E-state index contributed by atoms with van der Waals surface area (Å²) >= 11 is 3.11. The molecule has 2 rings (SSSR count). The molecule has 0 amide bonds. The van der Waals surface area contributed by atoms with Crippen LogP contribution in [0.5, 0.6) is 0 Å². The molecule has 0 spiro atoms. The molecule has 14 heavy (non-hydrogen) atoms. The summed E-state index contributed by atoms with van der Waals surface area (Å²) in [6.45, 7) is 0. The molecule has 2 aromatic rings. The van der Waals surface area contributed by atoms with E-state index in [4.69, 9.17) is 0 Å². The molecule has 0 saturated heterocycles. The highest BCUT2D eigenvalue weighted by atomic mass is 79.9. The second-order valence-corrected chi connectivity index (χ2v) is 3.46. The van der Waals surface area contributed by atoms with Crippen LogP contribution in [-0.2, 0) is 6.18 Å². The summed E-state index contributed by atoms with van der Waals surface area (Å²) < 4.78 is 38.3. The minimum absolute atomic E-state index is 0.359. The maximum Gasteiger partial charge on any atom is 0.419 e. The van der Waals surface area contributed by atoms with E-state index in [9.17, 15) is 13.2 Å². The molecule has 0 aliphatic carbocycles. The van der Waals surface area contributed by atoms with Gasteiger partial charge in [-0.3, -0.25) is 0 Å². The highest BCUT2D eigenvalue weighted by Gasteiger charge is 2.31. The van der Waals surface area contributed by atoms with E-state index in [1.165, 1.54) is 6.20 Å². The predicted molar refractivity (Wildman–Crippen MR) is 45.7 cm³/mol. The summed E-state index contributed by atoms with van der Waals surface area (Å²) in [4.78, 5) is 3.64. The summed E-state index contributed by atoms with van der Waals surface area (Å²) in [5, 5.41) is 3.70. The fourth-order valence-corrected chi connectivity index (χ4v) is 1.37. The standard InChI is InChI=1S/C7H3BrF3N3/c8-5-2-13-14-3-4(7(9,10)11)1-12-6(5)14/h1-3H. The number of aromatic nitrogens is 3. The Hall–Kier alpha value is -1.11. The van der Waals surface area contributed by atoms with Crippen molar-refractivity contribution in [3.05, 3.63) is 28.6 Å². The lowest BCUT2D eigenvalue weighted by atomic mass is 10.3. The van der Waals surface area contributed by atoms with Crippen molar-refractivity contribution in [2.75, 3.05) is 0 Å². The van der Waals surface area contributed by atoms with Gasteiger partial charge in [0, 0.05) is 12.4 Å². The monoisotopic (exact) mass is 265 g/mol. The van der Waals surface area contributed by atoms with Gasteiger partial charge >= 0.3 is 6.18 Å². The summed E-state index contributed by atoms with van der Waals surface area (Å²) in [6, 6.07) is 0. The molecular formula is C7H3BrF3N3. The van der Waals surface area contributed by atoms with Crippen molar-refractivity contribution < 1.29 is 13.2 Å². The molecule has 0 radical (unpaired) electrons. The maximum absolute atomic E-state index is 12.2. The van der Waals surface area contributed by atoms with Gasteiger partial charge in [0.15, 0.2) is 5.65 Å². The van der Waals surface area contributed by atoms with Gasteiger partial charge in [-0.1, -0.05) is 0 Å². The van der Waals surface area contributed by atoms with Gasteiger partial charge in [-0.05, 0) is 15.9 Å². The highest BCUT2D eigenvalue weighted by molar-refractivity contribution is 9.10. The molecular weight excluding hydrogens is 263 g/mol. The molecule has 0 fully saturated rings. The van der Waals surface area contributed by atoms with Gasteiger partial charge in [0.25, 0.3) is 0 Å². The Kier molecular flexibility index (Phi) is 1.99. The number of alkyl halides is 3. The molecule has 0 saturated carbocycles. The van der Waals surface area contributed by atoms with E-state index in [1.807, 2.05) is 0 Å². The lowest BCUT2D eigenvalue weighted by molar-refractivity contribution is -0.138. The topological polar surface area (TPSA) is 30.2 Å². The number of rotatable bonds is 0. The Morgan fingerprint density at radius 2 is 2.00 bits per heavy atom. The van der Waals surface area contributed by atoms with Crippen molar-refractivity contribution in [3.8, 4) is 0 Å². The second kappa shape index (κ2) is 2.94. The van der Waals surface area contributed by atoms with Crippen LogP contribution in [0.15, 0.2) is 23.1 Å².